The smallest absolute Gasteiger partial charge is 0.325 e. The molecular weight excluding hydrogens is 298 g/mol. The van der Waals surface area contributed by atoms with E-state index in [1.165, 1.54) is 5.56 Å². The Morgan fingerprint density at radius 1 is 1.14 bits per heavy atom. The first-order valence-electron chi connectivity index (χ1n) is 7.42. The van der Waals surface area contributed by atoms with Gasteiger partial charge in [-0.1, -0.05) is 54.1 Å². The summed E-state index contributed by atoms with van der Waals surface area (Å²) in [5.74, 6) is -0.154. The highest BCUT2D eigenvalue weighted by atomic mass is 35.5. The van der Waals surface area contributed by atoms with E-state index in [1.807, 2.05) is 49.4 Å². The van der Waals surface area contributed by atoms with Gasteiger partial charge in [-0.25, -0.2) is 0 Å². The Morgan fingerprint density at radius 3 is 2.45 bits per heavy atom. The summed E-state index contributed by atoms with van der Waals surface area (Å²) in [6.07, 6.45) is 0. The van der Waals surface area contributed by atoms with E-state index in [-0.39, 0.29) is 18.1 Å². The van der Waals surface area contributed by atoms with Crippen LogP contribution in [0, 0.1) is 0 Å². The normalized spacial score (nSPS) is 23.1. The molecule has 1 aliphatic rings. The Kier molecular flexibility index (Phi) is 4.46. The third-order valence-corrected chi connectivity index (χ3v) is 4.12. The molecule has 3 rings (SSSR count). The Hall–Kier alpha value is -1.84. The van der Waals surface area contributed by atoms with Crippen molar-refractivity contribution in [2.75, 3.05) is 6.61 Å². The minimum Gasteiger partial charge on any atom is -0.465 e. The van der Waals surface area contributed by atoms with Crippen LogP contribution < -0.4 is 0 Å². The molecule has 0 radical (unpaired) electrons. The molecule has 2 aromatic carbocycles. The minimum absolute atomic E-state index is 0.0662. The van der Waals surface area contributed by atoms with Crippen molar-refractivity contribution in [3.05, 3.63) is 70.7 Å². The van der Waals surface area contributed by atoms with Crippen LogP contribution in [0.25, 0.3) is 0 Å². The summed E-state index contributed by atoms with van der Waals surface area (Å²) >= 11 is 5.95. The van der Waals surface area contributed by atoms with Crippen molar-refractivity contribution in [1.82, 2.24) is 4.90 Å². The Morgan fingerprint density at radius 2 is 1.82 bits per heavy atom. The zero-order valence-electron chi connectivity index (χ0n) is 12.4. The van der Waals surface area contributed by atoms with Gasteiger partial charge in [-0.2, -0.15) is 0 Å². The molecule has 1 saturated heterocycles. The van der Waals surface area contributed by atoms with E-state index in [0.717, 1.165) is 12.1 Å². The van der Waals surface area contributed by atoms with Crippen LogP contribution in [0.3, 0.4) is 0 Å². The minimum atomic E-state index is -0.207. The van der Waals surface area contributed by atoms with Crippen LogP contribution in [-0.2, 0) is 16.1 Å². The summed E-state index contributed by atoms with van der Waals surface area (Å²) in [6, 6.07) is 17.7. The Labute approximate surface area is 135 Å². The van der Waals surface area contributed by atoms with Gasteiger partial charge in [0.05, 0.1) is 12.6 Å². The second-order valence-electron chi connectivity index (χ2n) is 5.35. The average Bonchev–Trinajstić information content (AvgIpc) is 3.23. The average molecular weight is 316 g/mol. The first-order chi connectivity index (χ1) is 10.7. The highest BCUT2D eigenvalue weighted by Gasteiger charge is 2.54. The fourth-order valence-electron chi connectivity index (χ4n) is 2.79. The molecule has 2 aromatic rings. The largest absolute Gasteiger partial charge is 0.465 e. The molecule has 114 valence electrons. The van der Waals surface area contributed by atoms with Gasteiger partial charge >= 0.3 is 5.97 Å². The second-order valence-corrected chi connectivity index (χ2v) is 5.79. The molecule has 1 aliphatic heterocycles. The van der Waals surface area contributed by atoms with Crippen LogP contribution in [-0.4, -0.2) is 23.5 Å². The molecule has 0 aromatic heterocycles. The fourth-order valence-corrected chi connectivity index (χ4v) is 2.92. The lowest BCUT2D eigenvalue weighted by atomic mass is 10.1. The van der Waals surface area contributed by atoms with Crippen molar-refractivity contribution in [3.8, 4) is 0 Å². The predicted molar refractivity (Wildman–Crippen MR) is 86.6 cm³/mol. The van der Waals surface area contributed by atoms with Gasteiger partial charge in [0.25, 0.3) is 0 Å². The number of hydrogen-bond acceptors (Lipinski definition) is 3. The van der Waals surface area contributed by atoms with Crippen molar-refractivity contribution in [1.29, 1.82) is 0 Å². The molecule has 0 amide bonds. The van der Waals surface area contributed by atoms with Crippen molar-refractivity contribution >= 4 is 17.6 Å². The van der Waals surface area contributed by atoms with Crippen molar-refractivity contribution in [2.24, 2.45) is 0 Å². The molecule has 22 heavy (non-hydrogen) atoms. The molecule has 1 heterocycles. The number of hydrogen-bond donors (Lipinski definition) is 0. The molecule has 1 fully saturated rings. The summed E-state index contributed by atoms with van der Waals surface area (Å²) < 4.78 is 5.20. The number of benzene rings is 2. The zero-order chi connectivity index (χ0) is 15.5. The maximum absolute atomic E-state index is 12.2. The van der Waals surface area contributed by atoms with E-state index in [4.69, 9.17) is 16.3 Å². The summed E-state index contributed by atoms with van der Waals surface area (Å²) in [5, 5.41) is 0.701. The van der Waals surface area contributed by atoms with Gasteiger partial charge in [-0.3, -0.25) is 9.69 Å². The maximum Gasteiger partial charge on any atom is 0.325 e. The lowest BCUT2D eigenvalue weighted by Gasteiger charge is -2.04. The van der Waals surface area contributed by atoms with Crippen LogP contribution >= 0.6 is 11.6 Å². The van der Waals surface area contributed by atoms with Gasteiger partial charge < -0.3 is 4.74 Å². The lowest BCUT2D eigenvalue weighted by molar-refractivity contribution is -0.143. The molecule has 3 nitrogen and oxygen atoms in total. The van der Waals surface area contributed by atoms with Gasteiger partial charge in [0, 0.05) is 11.6 Å². The van der Waals surface area contributed by atoms with E-state index in [9.17, 15) is 4.79 Å². The van der Waals surface area contributed by atoms with Crippen LogP contribution in [0.5, 0.6) is 0 Å². The SMILES string of the molecule is CCOC(=O)[C@H]1[C@H](c2ccc(Cl)cc2)N1Cc1ccccc1. The molecule has 0 N–H and O–H groups in total. The topological polar surface area (TPSA) is 29.3 Å². The summed E-state index contributed by atoms with van der Waals surface area (Å²) in [4.78, 5) is 14.3. The Bertz CT molecular complexity index is 642. The quantitative estimate of drug-likeness (QED) is 0.620. The third-order valence-electron chi connectivity index (χ3n) is 3.87. The van der Waals surface area contributed by atoms with Gasteiger partial charge in [-0.05, 0) is 30.2 Å². The van der Waals surface area contributed by atoms with Crippen LogP contribution in [0.15, 0.2) is 54.6 Å². The first kappa shape index (κ1) is 15.1. The van der Waals surface area contributed by atoms with Gasteiger partial charge in [-0.15, -0.1) is 0 Å². The second kappa shape index (κ2) is 6.51. The van der Waals surface area contributed by atoms with Gasteiger partial charge in [0.2, 0.25) is 0 Å². The standard InChI is InChI=1S/C18H18ClNO2/c1-2-22-18(21)17-16(14-8-10-15(19)11-9-14)20(17)12-13-6-4-3-5-7-13/h3-11,16-17H,2,12H2,1H3/t16-,17+,20?/m0/s1. The summed E-state index contributed by atoms with van der Waals surface area (Å²) in [5.41, 5.74) is 2.28. The fraction of sp³-hybridized carbons (Fsp3) is 0.278. The number of rotatable bonds is 5. The molecule has 0 aliphatic carbocycles. The molecule has 3 atom stereocenters. The number of ether oxygens (including phenoxy) is 1. The summed E-state index contributed by atoms with van der Waals surface area (Å²) in [7, 11) is 0. The molecular formula is C18H18ClNO2. The highest BCUT2D eigenvalue weighted by molar-refractivity contribution is 6.30. The number of esters is 1. The van der Waals surface area contributed by atoms with Crippen LogP contribution in [0.4, 0.5) is 0 Å². The van der Waals surface area contributed by atoms with Crippen molar-refractivity contribution < 1.29 is 9.53 Å². The molecule has 4 heteroatoms. The molecule has 0 spiro atoms. The number of nitrogens with zero attached hydrogens (tertiary/aromatic N) is 1. The van der Waals surface area contributed by atoms with E-state index >= 15 is 0 Å². The van der Waals surface area contributed by atoms with Gasteiger partial charge in [0.1, 0.15) is 6.04 Å². The number of carbonyl (C=O) groups is 1. The maximum atomic E-state index is 12.2. The van der Waals surface area contributed by atoms with Crippen molar-refractivity contribution in [3.63, 3.8) is 0 Å². The van der Waals surface area contributed by atoms with Crippen molar-refractivity contribution in [2.45, 2.75) is 25.6 Å². The van der Waals surface area contributed by atoms with E-state index < -0.39 is 0 Å². The van der Waals surface area contributed by atoms with E-state index in [2.05, 4.69) is 17.0 Å². The van der Waals surface area contributed by atoms with E-state index in [0.29, 0.717) is 11.6 Å². The van der Waals surface area contributed by atoms with Crippen LogP contribution in [0.1, 0.15) is 24.1 Å². The Balaban J connectivity index is 1.79. The number of carbonyl (C=O) groups excluding carboxylic acids is 1. The summed E-state index contributed by atoms with van der Waals surface area (Å²) in [6.45, 7) is 2.97. The predicted octanol–water partition coefficient (Wildman–Crippen LogP) is 3.83. The third kappa shape index (κ3) is 3.16. The van der Waals surface area contributed by atoms with Crippen LogP contribution in [0.2, 0.25) is 5.02 Å². The van der Waals surface area contributed by atoms with Gasteiger partial charge in [0.15, 0.2) is 0 Å². The molecule has 1 unspecified atom stereocenters. The first-order valence-corrected chi connectivity index (χ1v) is 7.80. The van der Waals surface area contributed by atoms with E-state index in [1.54, 1.807) is 0 Å². The monoisotopic (exact) mass is 315 g/mol. The lowest BCUT2D eigenvalue weighted by Crippen LogP contribution is -2.16. The highest BCUT2D eigenvalue weighted by Crippen LogP contribution is 2.45. The zero-order valence-corrected chi connectivity index (χ0v) is 13.2. The molecule has 0 bridgehead atoms. The number of halogens is 1. The molecule has 0 saturated carbocycles.